The minimum atomic E-state index is -2.52. The molecule has 5 rings (SSSR count). The minimum absolute atomic E-state index is 0.309. The maximum atomic E-state index is 13.1. The molecule has 0 fully saturated rings. The number of alkyl halides is 2. The van der Waals surface area contributed by atoms with Crippen molar-refractivity contribution in [2.24, 2.45) is 0 Å². The van der Waals surface area contributed by atoms with Gasteiger partial charge in [0.15, 0.2) is 0 Å². The summed E-state index contributed by atoms with van der Waals surface area (Å²) in [6.45, 7) is 7.42. The first-order valence-corrected chi connectivity index (χ1v) is 11.7. The van der Waals surface area contributed by atoms with Gasteiger partial charge < -0.3 is 9.84 Å². The molecule has 0 unspecified atom stereocenters. The predicted molar refractivity (Wildman–Crippen MR) is 134 cm³/mol. The van der Waals surface area contributed by atoms with E-state index in [1.165, 1.54) is 4.68 Å². The van der Waals surface area contributed by atoms with Gasteiger partial charge in [-0.25, -0.2) is 8.78 Å². The number of aliphatic hydroxyl groups is 1. The van der Waals surface area contributed by atoms with E-state index in [4.69, 9.17) is 4.74 Å². The van der Waals surface area contributed by atoms with Crippen molar-refractivity contribution in [1.29, 1.82) is 0 Å². The maximum absolute atomic E-state index is 13.1. The van der Waals surface area contributed by atoms with Gasteiger partial charge in [-0.1, -0.05) is 18.2 Å². The number of fused-ring (bicyclic) bond motifs is 2. The highest BCUT2D eigenvalue weighted by Crippen LogP contribution is 2.32. The normalized spacial score (nSPS) is 13.9. The molecule has 4 aromatic rings. The Morgan fingerprint density at radius 2 is 1.97 bits per heavy atom. The van der Waals surface area contributed by atoms with Crippen molar-refractivity contribution in [3.63, 3.8) is 0 Å². The lowest BCUT2D eigenvalue weighted by Crippen LogP contribution is -2.27. The number of nitrogens with zero attached hydrogens (tertiary/aromatic N) is 5. The largest absolute Gasteiger partial charge is 0.425 e. The van der Waals surface area contributed by atoms with E-state index >= 15 is 0 Å². The van der Waals surface area contributed by atoms with Gasteiger partial charge in [0.1, 0.15) is 23.5 Å². The highest BCUT2D eigenvalue weighted by Gasteiger charge is 2.24. The first kappa shape index (κ1) is 23.9. The van der Waals surface area contributed by atoms with Crippen LogP contribution in [-0.2, 0) is 19.5 Å². The molecule has 0 aliphatic heterocycles. The molecule has 9 heteroatoms. The van der Waals surface area contributed by atoms with Gasteiger partial charge >= 0.3 is 6.01 Å². The summed E-state index contributed by atoms with van der Waals surface area (Å²) in [7, 11) is 0. The lowest BCUT2D eigenvalue weighted by Gasteiger charge is -2.21. The highest BCUT2D eigenvalue weighted by molar-refractivity contribution is 5.89. The van der Waals surface area contributed by atoms with Crippen LogP contribution in [0.1, 0.15) is 31.7 Å². The Labute approximate surface area is 207 Å². The summed E-state index contributed by atoms with van der Waals surface area (Å²) >= 11 is 0. The quantitative estimate of drug-likeness (QED) is 0.339. The van der Waals surface area contributed by atoms with Crippen molar-refractivity contribution in [2.45, 2.75) is 51.8 Å². The summed E-state index contributed by atoms with van der Waals surface area (Å²) in [4.78, 5) is 9.04. The lowest BCUT2D eigenvalue weighted by molar-refractivity contribution is 0.0585. The van der Waals surface area contributed by atoms with Crippen LogP contribution in [-0.4, -0.2) is 41.4 Å². The van der Waals surface area contributed by atoms with E-state index in [1.807, 2.05) is 28.9 Å². The number of pyridine rings is 1. The number of aromatic nitrogens is 5. The summed E-state index contributed by atoms with van der Waals surface area (Å²) in [5, 5.41) is 14.9. The van der Waals surface area contributed by atoms with Crippen LogP contribution in [0.4, 0.5) is 8.78 Å². The van der Waals surface area contributed by atoms with Gasteiger partial charge in [0.05, 0.1) is 29.1 Å². The van der Waals surface area contributed by atoms with Crippen molar-refractivity contribution in [3.05, 3.63) is 72.2 Å². The molecular weight excluding hydrogens is 464 g/mol. The molecule has 0 saturated carbocycles. The molecule has 0 spiro atoms. The first-order chi connectivity index (χ1) is 17.2. The molecule has 0 bridgehead atoms. The van der Waals surface area contributed by atoms with Crippen LogP contribution < -0.4 is 4.74 Å². The van der Waals surface area contributed by atoms with Crippen LogP contribution in [0.25, 0.3) is 28.4 Å². The van der Waals surface area contributed by atoms with E-state index in [9.17, 15) is 13.9 Å². The van der Waals surface area contributed by atoms with Crippen molar-refractivity contribution < 1.29 is 18.6 Å². The van der Waals surface area contributed by atoms with Gasteiger partial charge in [0.25, 0.3) is 6.43 Å². The van der Waals surface area contributed by atoms with Gasteiger partial charge in [-0.15, -0.1) is 0 Å². The molecule has 3 heterocycles. The van der Waals surface area contributed by atoms with Gasteiger partial charge in [0.2, 0.25) is 0 Å². The number of rotatable bonds is 7. The van der Waals surface area contributed by atoms with Crippen molar-refractivity contribution in [3.8, 4) is 23.0 Å². The number of imidazole rings is 1. The van der Waals surface area contributed by atoms with Crippen molar-refractivity contribution >= 4 is 17.1 Å². The van der Waals surface area contributed by atoms with Gasteiger partial charge in [-0.2, -0.15) is 10.1 Å². The van der Waals surface area contributed by atoms with Crippen LogP contribution in [0.15, 0.2) is 60.8 Å². The Morgan fingerprint density at radius 1 is 1.19 bits per heavy atom. The standard InChI is InChI=1S/C27H27F2N5O2/c1-17-6-4-7-20-22(14-17)33(16-27(2,3)35)26(31-20)36-19-11-9-18(10-12-19)24-25-21(8-5-13-30-25)34(32-24)15-23(28)29/h4-5,7-13,23,35H,1,6,14-16H2,2-3H3. The molecule has 186 valence electrons. The van der Waals surface area contributed by atoms with E-state index in [2.05, 4.69) is 21.6 Å². The van der Waals surface area contributed by atoms with E-state index in [-0.39, 0.29) is 0 Å². The van der Waals surface area contributed by atoms with E-state index in [0.717, 1.165) is 28.9 Å². The highest BCUT2D eigenvalue weighted by atomic mass is 19.3. The topological polar surface area (TPSA) is 78.0 Å². The molecule has 1 aliphatic rings. The summed E-state index contributed by atoms with van der Waals surface area (Å²) in [6, 6.07) is 11.0. The van der Waals surface area contributed by atoms with Crippen molar-refractivity contribution in [2.75, 3.05) is 0 Å². The third kappa shape index (κ3) is 4.92. The average molecular weight is 492 g/mol. The fraction of sp³-hybridized carbons (Fsp3) is 0.296. The third-order valence-corrected chi connectivity index (χ3v) is 5.87. The molecule has 36 heavy (non-hydrogen) atoms. The zero-order valence-electron chi connectivity index (χ0n) is 20.2. The Kier molecular flexibility index (Phi) is 6.17. The monoisotopic (exact) mass is 491 g/mol. The van der Waals surface area contributed by atoms with Gasteiger partial charge in [-0.3, -0.25) is 14.2 Å². The smallest absolute Gasteiger partial charge is 0.302 e. The van der Waals surface area contributed by atoms with Crippen molar-refractivity contribution in [1.82, 2.24) is 24.3 Å². The Hall–Kier alpha value is -3.85. The number of benzene rings is 1. The molecule has 1 N–H and O–H groups in total. The van der Waals surface area contributed by atoms with E-state index < -0.39 is 18.6 Å². The molecule has 0 amide bonds. The SMILES string of the molecule is C=C1CC=Cc2nc(Oc3ccc(-c4nn(CC(F)F)c5cccnc45)cc3)n(CC(C)(C)O)c2C1. The fourth-order valence-corrected chi connectivity index (χ4v) is 4.34. The summed E-state index contributed by atoms with van der Waals surface area (Å²) in [6.07, 6.45) is 4.51. The Balaban J connectivity index is 1.47. The summed E-state index contributed by atoms with van der Waals surface area (Å²) < 4.78 is 35.4. The fourth-order valence-electron chi connectivity index (χ4n) is 4.34. The van der Waals surface area contributed by atoms with Gasteiger partial charge in [0, 0.05) is 18.2 Å². The molecule has 0 radical (unpaired) electrons. The molecule has 0 atom stereocenters. The first-order valence-electron chi connectivity index (χ1n) is 11.7. The van der Waals surface area contributed by atoms with E-state index in [1.54, 1.807) is 44.3 Å². The molecule has 1 aliphatic carbocycles. The average Bonchev–Trinajstić information content (AvgIpc) is 3.24. The van der Waals surface area contributed by atoms with E-state index in [0.29, 0.717) is 41.5 Å². The molecule has 7 nitrogen and oxygen atoms in total. The molecular formula is C27H27F2N5O2. The predicted octanol–water partition coefficient (Wildman–Crippen LogP) is 5.64. The number of hydrogen-bond acceptors (Lipinski definition) is 5. The minimum Gasteiger partial charge on any atom is -0.425 e. The van der Waals surface area contributed by atoms with Crippen LogP contribution in [0.2, 0.25) is 0 Å². The number of hydrogen-bond donors (Lipinski definition) is 1. The van der Waals surface area contributed by atoms with Crippen LogP contribution in [0.5, 0.6) is 11.8 Å². The number of ether oxygens (including phenoxy) is 1. The second kappa shape index (κ2) is 9.31. The zero-order valence-corrected chi connectivity index (χ0v) is 20.2. The summed E-state index contributed by atoms with van der Waals surface area (Å²) in [5.74, 6) is 0.544. The number of allylic oxidation sites excluding steroid dienone is 2. The Bertz CT molecular complexity index is 1450. The lowest BCUT2D eigenvalue weighted by atomic mass is 10.1. The van der Waals surface area contributed by atoms with Crippen LogP contribution in [0, 0.1) is 0 Å². The van der Waals surface area contributed by atoms with Gasteiger partial charge in [-0.05, 0) is 62.7 Å². The van der Waals surface area contributed by atoms with Crippen LogP contribution in [0.3, 0.4) is 0 Å². The number of halogens is 2. The zero-order chi connectivity index (χ0) is 25.4. The summed E-state index contributed by atoms with van der Waals surface area (Å²) in [5.41, 5.74) is 4.20. The maximum Gasteiger partial charge on any atom is 0.302 e. The second-order valence-corrected chi connectivity index (χ2v) is 9.58. The van der Waals surface area contributed by atoms with Crippen LogP contribution >= 0.6 is 0 Å². The second-order valence-electron chi connectivity index (χ2n) is 9.58. The molecule has 0 saturated heterocycles. The molecule has 3 aromatic heterocycles. The molecule has 1 aromatic carbocycles. The Morgan fingerprint density at radius 3 is 2.69 bits per heavy atom. The third-order valence-electron chi connectivity index (χ3n) is 5.87.